The molecular formula is C13H18N2O2. The Hall–Kier alpha value is -1.55. The Morgan fingerprint density at radius 3 is 2.65 bits per heavy atom. The average Bonchev–Trinajstić information content (AvgIpc) is 2.74. The number of aliphatic hydroxyl groups is 1. The number of para-hydroxylation sites is 1. The molecule has 4 heteroatoms. The van der Waals surface area contributed by atoms with Crippen molar-refractivity contribution in [1.29, 1.82) is 0 Å². The summed E-state index contributed by atoms with van der Waals surface area (Å²) in [5, 5.41) is 12.9. The average molecular weight is 234 g/mol. The summed E-state index contributed by atoms with van der Waals surface area (Å²) in [6.45, 7) is 0.306. The van der Waals surface area contributed by atoms with Crippen molar-refractivity contribution in [2.45, 2.75) is 31.3 Å². The Bertz CT molecular complexity index is 412. The maximum absolute atomic E-state index is 11.9. The summed E-state index contributed by atoms with van der Waals surface area (Å²) in [6.07, 6.45) is 3.58. The van der Waals surface area contributed by atoms with E-state index in [-0.39, 0.29) is 5.91 Å². The lowest BCUT2D eigenvalue weighted by Gasteiger charge is -2.22. The van der Waals surface area contributed by atoms with E-state index in [1.165, 1.54) is 0 Å². The third-order valence-corrected chi connectivity index (χ3v) is 3.32. The molecule has 2 rings (SSSR count). The van der Waals surface area contributed by atoms with Gasteiger partial charge in [0, 0.05) is 12.2 Å². The largest absolute Gasteiger partial charge is 0.398 e. The van der Waals surface area contributed by atoms with Crippen molar-refractivity contribution in [3.8, 4) is 0 Å². The van der Waals surface area contributed by atoms with Gasteiger partial charge in [-0.3, -0.25) is 4.79 Å². The molecule has 1 aliphatic carbocycles. The summed E-state index contributed by atoms with van der Waals surface area (Å²) in [5.74, 6) is -0.219. The molecule has 4 N–H and O–H groups in total. The van der Waals surface area contributed by atoms with Gasteiger partial charge in [-0.2, -0.15) is 0 Å². The highest BCUT2D eigenvalue weighted by molar-refractivity contribution is 5.99. The monoisotopic (exact) mass is 234 g/mol. The highest BCUT2D eigenvalue weighted by Crippen LogP contribution is 2.28. The molecule has 0 spiro atoms. The number of anilines is 1. The number of hydrogen-bond donors (Lipinski definition) is 3. The lowest BCUT2D eigenvalue weighted by atomic mass is 10.0. The van der Waals surface area contributed by atoms with E-state index in [0.717, 1.165) is 25.7 Å². The van der Waals surface area contributed by atoms with E-state index < -0.39 is 5.60 Å². The van der Waals surface area contributed by atoms with E-state index in [0.29, 0.717) is 17.8 Å². The molecule has 0 heterocycles. The maximum atomic E-state index is 11.9. The van der Waals surface area contributed by atoms with Crippen LogP contribution in [-0.4, -0.2) is 23.2 Å². The van der Waals surface area contributed by atoms with Gasteiger partial charge >= 0.3 is 0 Å². The van der Waals surface area contributed by atoms with Crippen LogP contribution in [0.25, 0.3) is 0 Å². The number of nitrogens with two attached hydrogens (primary N) is 1. The minimum atomic E-state index is -0.723. The fourth-order valence-electron chi connectivity index (χ4n) is 2.25. The molecule has 17 heavy (non-hydrogen) atoms. The van der Waals surface area contributed by atoms with E-state index in [1.807, 2.05) is 0 Å². The molecule has 1 aromatic carbocycles. The number of hydrogen-bond acceptors (Lipinski definition) is 3. The van der Waals surface area contributed by atoms with Crippen LogP contribution in [0, 0.1) is 0 Å². The molecule has 1 aromatic rings. The predicted octanol–water partition coefficient (Wildman–Crippen LogP) is 1.30. The van der Waals surface area contributed by atoms with Gasteiger partial charge < -0.3 is 16.2 Å². The minimum Gasteiger partial charge on any atom is -0.398 e. The smallest absolute Gasteiger partial charge is 0.253 e. The van der Waals surface area contributed by atoms with Crippen molar-refractivity contribution in [2.75, 3.05) is 12.3 Å². The highest BCUT2D eigenvalue weighted by Gasteiger charge is 2.31. The molecule has 0 atom stereocenters. The number of rotatable bonds is 3. The molecule has 1 fully saturated rings. The van der Waals surface area contributed by atoms with E-state index in [2.05, 4.69) is 5.32 Å². The van der Waals surface area contributed by atoms with Gasteiger partial charge in [0.2, 0.25) is 0 Å². The van der Waals surface area contributed by atoms with Gasteiger partial charge in [0.15, 0.2) is 0 Å². The van der Waals surface area contributed by atoms with Crippen molar-refractivity contribution in [2.24, 2.45) is 0 Å². The number of amides is 1. The summed E-state index contributed by atoms with van der Waals surface area (Å²) >= 11 is 0. The van der Waals surface area contributed by atoms with Gasteiger partial charge in [-0.15, -0.1) is 0 Å². The summed E-state index contributed by atoms with van der Waals surface area (Å²) < 4.78 is 0. The summed E-state index contributed by atoms with van der Waals surface area (Å²) in [5.41, 5.74) is 5.92. The number of carbonyl (C=O) groups excluding carboxylic acids is 1. The lowest BCUT2D eigenvalue weighted by Crippen LogP contribution is -2.40. The Labute approximate surface area is 101 Å². The Morgan fingerprint density at radius 2 is 2.00 bits per heavy atom. The van der Waals surface area contributed by atoms with Crippen LogP contribution in [0.1, 0.15) is 36.0 Å². The standard InChI is InChI=1S/C13H18N2O2/c14-11-6-2-1-5-10(11)12(16)15-9-13(17)7-3-4-8-13/h1-2,5-6,17H,3-4,7-9,14H2,(H,15,16). The van der Waals surface area contributed by atoms with E-state index >= 15 is 0 Å². The van der Waals surface area contributed by atoms with E-state index in [1.54, 1.807) is 24.3 Å². The molecule has 0 saturated heterocycles. The first-order valence-electron chi connectivity index (χ1n) is 5.96. The van der Waals surface area contributed by atoms with Crippen molar-refractivity contribution < 1.29 is 9.90 Å². The Morgan fingerprint density at radius 1 is 1.35 bits per heavy atom. The summed E-state index contributed by atoms with van der Waals surface area (Å²) in [4.78, 5) is 11.9. The van der Waals surface area contributed by atoms with Crippen LogP contribution in [-0.2, 0) is 0 Å². The fraction of sp³-hybridized carbons (Fsp3) is 0.462. The molecule has 1 saturated carbocycles. The number of benzene rings is 1. The third-order valence-electron chi connectivity index (χ3n) is 3.32. The minimum absolute atomic E-state index is 0.219. The van der Waals surface area contributed by atoms with Gasteiger partial charge in [-0.25, -0.2) is 0 Å². The second-order valence-electron chi connectivity index (χ2n) is 4.70. The van der Waals surface area contributed by atoms with Crippen LogP contribution in [0.15, 0.2) is 24.3 Å². The van der Waals surface area contributed by atoms with Crippen LogP contribution >= 0.6 is 0 Å². The molecule has 1 amide bonds. The summed E-state index contributed by atoms with van der Waals surface area (Å²) in [6, 6.07) is 6.94. The molecule has 0 aliphatic heterocycles. The first kappa shape index (κ1) is 11.9. The topological polar surface area (TPSA) is 75.4 Å². The molecule has 0 bridgehead atoms. The molecule has 92 valence electrons. The van der Waals surface area contributed by atoms with Crippen LogP contribution < -0.4 is 11.1 Å². The molecule has 0 unspecified atom stereocenters. The summed E-state index contributed by atoms with van der Waals surface area (Å²) in [7, 11) is 0. The molecule has 1 aliphatic rings. The van der Waals surface area contributed by atoms with Gasteiger partial charge in [-0.1, -0.05) is 25.0 Å². The van der Waals surface area contributed by atoms with Crippen molar-refractivity contribution in [3.05, 3.63) is 29.8 Å². The molecular weight excluding hydrogens is 216 g/mol. The Balaban J connectivity index is 1.96. The normalized spacial score (nSPS) is 17.9. The third kappa shape index (κ3) is 2.77. The number of nitrogen functional groups attached to an aromatic ring is 1. The van der Waals surface area contributed by atoms with Gasteiger partial charge in [0.25, 0.3) is 5.91 Å². The van der Waals surface area contributed by atoms with E-state index in [9.17, 15) is 9.90 Å². The zero-order chi connectivity index (χ0) is 12.3. The first-order chi connectivity index (χ1) is 8.11. The zero-order valence-corrected chi connectivity index (χ0v) is 9.78. The van der Waals surface area contributed by atoms with Gasteiger partial charge in [-0.05, 0) is 25.0 Å². The fourth-order valence-corrected chi connectivity index (χ4v) is 2.25. The van der Waals surface area contributed by atoms with Crippen LogP contribution in [0.3, 0.4) is 0 Å². The number of nitrogens with one attached hydrogen (secondary N) is 1. The van der Waals surface area contributed by atoms with Gasteiger partial charge in [0.1, 0.15) is 0 Å². The number of carbonyl (C=O) groups is 1. The molecule has 0 radical (unpaired) electrons. The Kier molecular flexibility index (Phi) is 3.33. The maximum Gasteiger partial charge on any atom is 0.253 e. The van der Waals surface area contributed by atoms with Crippen molar-refractivity contribution >= 4 is 11.6 Å². The van der Waals surface area contributed by atoms with Crippen LogP contribution in [0.2, 0.25) is 0 Å². The highest BCUT2D eigenvalue weighted by atomic mass is 16.3. The van der Waals surface area contributed by atoms with Gasteiger partial charge in [0.05, 0.1) is 11.2 Å². The second kappa shape index (κ2) is 4.75. The van der Waals surface area contributed by atoms with Crippen LogP contribution in [0.5, 0.6) is 0 Å². The zero-order valence-electron chi connectivity index (χ0n) is 9.78. The van der Waals surface area contributed by atoms with Crippen molar-refractivity contribution in [1.82, 2.24) is 5.32 Å². The van der Waals surface area contributed by atoms with Crippen LogP contribution in [0.4, 0.5) is 5.69 Å². The van der Waals surface area contributed by atoms with E-state index in [4.69, 9.17) is 5.73 Å². The SMILES string of the molecule is Nc1ccccc1C(=O)NCC1(O)CCCC1. The molecule has 4 nitrogen and oxygen atoms in total. The lowest BCUT2D eigenvalue weighted by molar-refractivity contribution is 0.0450. The van der Waals surface area contributed by atoms with Crippen molar-refractivity contribution in [3.63, 3.8) is 0 Å². The second-order valence-corrected chi connectivity index (χ2v) is 4.70. The molecule has 0 aromatic heterocycles. The predicted molar refractivity (Wildman–Crippen MR) is 66.6 cm³/mol. The quantitative estimate of drug-likeness (QED) is 0.690. The first-order valence-corrected chi connectivity index (χ1v) is 5.96.